The van der Waals surface area contributed by atoms with E-state index in [1.54, 1.807) is 18.2 Å². The zero-order valence-electron chi connectivity index (χ0n) is 20.9. The third kappa shape index (κ3) is 8.22. The number of benzene rings is 1. The number of rotatable bonds is 9. The molecule has 3 aromatic rings. The average molecular weight is 568 g/mol. The van der Waals surface area contributed by atoms with Gasteiger partial charge in [-0.2, -0.15) is 13.2 Å². The van der Waals surface area contributed by atoms with Gasteiger partial charge in [-0.05, 0) is 30.3 Å². The van der Waals surface area contributed by atoms with Crippen LogP contribution in [0.1, 0.15) is 6.42 Å². The largest absolute Gasteiger partial charge is 0.478 e. The molecule has 1 saturated heterocycles. The van der Waals surface area contributed by atoms with E-state index in [-0.39, 0.29) is 29.5 Å². The minimum atomic E-state index is -4.21. The molecule has 0 unspecified atom stereocenters. The van der Waals surface area contributed by atoms with E-state index >= 15 is 0 Å². The Hall–Kier alpha value is -3.55. The number of hydrogen-bond acceptors (Lipinski definition) is 8. The smallest absolute Gasteiger partial charge is 0.401 e. The number of anilines is 3. The Labute approximate surface area is 227 Å². The summed E-state index contributed by atoms with van der Waals surface area (Å²) in [5.41, 5.74) is 1.35. The van der Waals surface area contributed by atoms with Gasteiger partial charge in [0.05, 0.1) is 19.3 Å². The monoisotopic (exact) mass is 567 g/mol. The highest BCUT2D eigenvalue weighted by atomic mass is 35.5. The number of amides is 1. The van der Waals surface area contributed by atoms with Crippen LogP contribution < -0.4 is 15.4 Å². The predicted molar refractivity (Wildman–Crippen MR) is 139 cm³/mol. The van der Waals surface area contributed by atoms with Crippen molar-refractivity contribution in [3.8, 4) is 17.1 Å². The number of carbonyl (C=O) groups excluding carboxylic acids is 1. The molecule has 14 heteroatoms. The van der Waals surface area contributed by atoms with Gasteiger partial charge in [-0.1, -0.05) is 11.6 Å². The van der Waals surface area contributed by atoms with Gasteiger partial charge in [0.15, 0.2) is 0 Å². The number of halogens is 5. The van der Waals surface area contributed by atoms with E-state index in [9.17, 15) is 22.4 Å². The van der Waals surface area contributed by atoms with Crippen LogP contribution in [0.5, 0.6) is 5.88 Å². The Morgan fingerprint density at radius 2 is 1.82 bits per heavy atom. The first kappa shape index (κ1) is 28.5. The van der Waals surface area contributed by atoms with Crippen molar-refractivity contribution < 1.29 is 27.1 Å². The van der Waals surface area contributed by atoms with Crippen molar-refractivity contribution in [1.82, 2.24) is 25.0 Å². The van der Waals surface area contributed by atoms with E-state index < -0.39 is 18.5 Å². The van der Waals surface area contributed by atoms with Crippen LogP contribution in [0.3, 0.4) is 0 Å². The molecule has 1 aliphatic heterocycles. The maximum absolute atomic E-state index is 14.4. The van der Waals surface area contributed by atoms with Crippen LogP contribution in [0.2, 0.25) is 5.02 Å². The first-order chi connectivity index (χ1) is 18.6. The summed E-state index contributed by atoms with van der Waals surface area (Å²) in [5.74, 6) is -0.331. The molecule has 1 fully saturated rings. The number of carbonyl (C=O) groups is 1. The van der Waals surface area contributed by atoms with E-state index in [1.807, 2.05) is 4.90 Å². The lowest BCUT2D eigenvalue weighted by atomic mass is 10.1. The Morgan fingerprint density at radius 1 is 1.08 bits per heavy atom. The van der Waals surface area contributed by atoms with Crippen LogP contribution in [-0.4, -0.2) is 83.4 Å². The number of nitrogens with zero attached hydrogens (tertiary/aromatic N) is 5. The van der Waals surface area contributed by atoms with Gasteiger partial charge in [0.2, 0.25) is 5.91 Å². The van der Waals surface area contributed by atoms with Gasteiger partial charge in [-0.15, -0.1) is 10.2 Å². The molecule has 0 bridgehead atoms. The molecule has 9 nitrogen and oxygen atoms in total. The number of alkyl halides is 3. The molecule has 0 atom stereocenters. The fourth-order valence-corrected chi connectivity index (χ4v) is 4.24. The minimum absolute atomic E-state index is 0.162. The number of hydrogen-bond donors (Lipinski definition) is 2. The maximum Gasteiger partial charge on any atom is 0.401 e. The van der Waals surface area contributed by atoms with Gasteiger partial charge in [0.25, 0.3) is 5.88 Å². The summed E-state index contributed by atoms with van der Waals surface area (Å²) in [4.78, 5) is 20.0. The number of methoxy groups -OCH3 is 1. The standard InChI is InChI=1S/C25H26ClF4N7O2/c1-39-24-21(14-20(34-35-24)18-12-16(26)2-3-19(18)27)32-17-4-6-31-22(13-17)33-23(38)5-7-36-8-10-37(11-9-36)15-25(28,29)30/h2-4,6,12-14H,5,7-11,15H2,1H3,(H2,31,32,33,34,38). The third-order valence-corrected chi connectivity index (χ3v) is 6.22. The fraction of sp³-hybridized carbons (Fsp3) is 0.360. The number of ether oxygens (including phenoxy) is 1. The number of pyridine rings is 1. The lowest BCUT2D eigenvalue weighted by molar-refractivity contribution is -0.149. The normalized spacial score (nSPS) is 14.7. The zero-order chi connectivity index (χ0) is 28.0. The van der Waals surface area contributed by atoms with E-state index in [2.05, 4.69) is 25.8 Å². The lowest BCUT2D eigenvalue weighted by Gasteiger charge is -2.34. The SMILES string of the molecule is COc1nnc(-c2cc(Cl)ccc2F)cc1Nc1ccnc(NC(=O)CCN2CCN(CC(F)(F)F)CC2)c1. The quantitative estimate of drug-likeness (QED) is 0.363. The van der Waals surface area contributed by atoms with Gasteiger partial charge < -0.3 is 20.3 Å². The summed E-state index contributed by atoms with van der Waals surface area (Å²) < 4.78 is 57.3. The molecule has 0 radical (unpaired) electrons. The predicted octanol–water partition coefficient (Wildman–Crippen LogP) is 4.59. The van der Waals surface area contributed by atoms with Crippen molar-refractivity contribution in [2.75, 3.05) is 57.0 Å². The highest BCUT2D eigenvalue weighted by molar-refractivity contribution is 6.30. The van der Waals surface area contributed by atoms with Crippen molar-refractivity contribution in [2.45, 2.75) is 12.6 Å². The summed E-state index contributed by atoms with van der Waals surface area (Å²) in [6.45, 7) is 1.03. The van der Waals surface area contributed by atoms with E-state index in [0.717, 1.165) is 0 Å². The Kier molecular flexibility index (Phi) is 9.15. The number of nitrogens with one attached hydrogen (secondary N) is 2. The van der Waals surface area contributed by atoms with Crippen LogP contribution in [-0.2, 0) is 4.79 Å². The molecule has 1 amide bonds. The molecule has 4 rings (SSSR count). The first-order valence-corrected chi connectivity index (χ1v) is 12.4. The number of piperazine rings is 1. The van der Waals surface area contributed by atoms with Gasteiger partial charge >= 0.3 is 6.18 Å². The highest BCUT2D eigenvalue weighted by Gasteiger charge is 2.32. The van der Waals surface area contributed by atoms with Gasteiger partial charge in [-0.25, -0.2) is 9.37 Å². The van der Waals surface area contributed by atoms with E-state index in [0.29, 0.717) is 54.9 Å². The van der Waals surface area contributed by atoms with Crippen LogP contribution in [0.25, 0.3) is 11.3 Å². The van der Waals surface area contributed by atoms with Crippen molar-refractivity contribution in [3.63, 3.8) is 0 Å². The van der Waals surface area contributed by atoms with Crippen LogP contribution in [0.15, 0.2) is 42.6 Å². The Morgan fingerprint density at radius 3 is 2.54 bits per heavy atom. The molecule has 1 aliphatic rings. The molecule has 0 aliphatic carbocycles. The molecular formula is C25H26ClF4N7O2. The van der Waals surface area contributed by atoms with Gasteiger partial charge in [0.1, 0.15) is 17.3 Å². The second kappa shape index (κ2) is 12.5. The maximum atomic E-state index is 14.4. The molecule has 3 heterocycles. The Balaban J connectivity index is 1.35. The molecular weight excluding hydrogens is 542 g/mol. The summed E-state index contributed by atoms with van der Waals surface area (Å²) in [6, 6.07) is 8.95. The third-order valence-electron chi connectivity index (χ3n) is 5.99. The fourth-order valence-electron chi connectivity index (χ4n) is 4.07. The van der Waals surface area contributed by atoms with Gasteiger partial charge in [-0.3, -0.25) is 9.69 Å². The summed E-state index contributed by atoms with van der Waals surface area (Å²) in [6.07, 6.45) is -2.56. The van der Waals surface area contributed by atoms with Crippen LogP contribution in [0.4, 0.5) is 34.8 Å². The second-order valence-corrected chi connectivity index (χ2v) is 9.30. The first-order valence-electron chi connectivity index (χ1n) is 12.0. The zero-order valence-corrected chi connectivity index (χ0v) is 21.7. The van der Waals surface area contributed by atoms with Crippen molar-refractivity contribution in [3.05, 3.63) is 53.4 Å². The highest BCUT2D eigenvalue weighted by Crippen LogP contribution is 2.31. The summed E-state index contributed by atoms with van der Waals surface area (Å²) in [7, 11) is 1.42. The second-order valence-electron chi connectivity index (χ2n) is 8.86. The molecule has 39 heavy (non-hydrogen) atoms. The van der Waals surface area contributed by atoms with Crippen LogP contribution in [0, 0.1) is 5.82 Å². The lowest BCUT2D eigenvalue weighted by Crippen LogP contribution is -2.49. The average Bonchev–Trinajstić information content (AvgIpc) is 2.89. The molecule has 0 spiro atoms. The van der Waals surface area contributed by atoms with Gasteiger partial charge in [0, 0.05) is 67.7 Å². The van der Waals surface area contributed by atoms with Crippen LogP contribution >= 0.6 is 11.6 Å². The molecule has 0 saturated carbocycles. The van der Waals surface area contributed by atoms with Crippen molar-refractivity contribution >= 4 is 34.7 Å². The molecule has 2 N–H and O–H groups in total. The van der Waals surface area contributed by atoms with E-state index in [1.165, 1.54) is 36.4 Å². The summed E-state index contributed by atoms with van der Waals surface area (Å²) >= 11 is 6.01. The molecule has 208 valence electrons. The number of aromatic nitrogens is 3. The minimum Gasteiger partial charge on any atom is -0.478 e. The van der Waals surface area contributed by atoms with E-state index in [4.69, 9.17) is 16.3 Å². The molecule has 1 aromatic carbocycles. The van der Waals surface area contributed by atoms with Crippen molar-refractivity contribution in [1.29, 1.82) is 0 Å². The molecule has 2 aromatic heterocycles. The topological polar surface area (TPSA) is 95.5 Å². The van der Waals surface area contributed by atoms with Crippen molar-refractivity contribution in [2.24, 2.45) is 0 Å². The summed E-state index contributed by atoms with van der Waals surface area (Å²) in [5, 5.41) is 14.2. The Bertz CT molecular complexity index is 1300.